The molecule has 2 amide bonds. The highest BCUT2D eigenvalue weighted by molar-refractivity contribution is 6.30. The molecular weight excluding hydrogens is 388 g/mol. The van der Waals surface area contributed by atoms with Crippen LogP contribution in [-0.2, 0) is 16.1 Å². The van der Waals surface area contributed by atoms with Crippen molar-refractivity contribution in [2.24, 2.45) is 0 Å². The summed E-state index contributed by atoms with van der Waals surface area (Å²) in [5.74, 6) is 0.234. The van der Waals surface area contributed by atoms with Crippen LogP contribution < -0.4 is 10.1 Å². The summed E-state index contributed by atoms with van der Waals surface area (Å²) in [4.78, 5) is 27.0. The van der Waals surface area contributed by atoms with Crippen molar-refractivity contribution in [3.63, 3.8) is 0 Å². The first-order chi connectivity index (χ1) is 13.8. The van der Waals surface area contributed by atoms with Gasteiger partial charge in [-0.3, -0.25) is 9.59 Å². The third-order valence-electron chi connectivity index (χ3n) is 4.66. The summed E-state index contributed by atoms with van der Waals surface area (Å²) in [5.41, 5.74) is 2.99. The van der Waals surface area contributed by atoms with Crippen LogP contribution in [0.1, 0.15) is 37.0 Å². The van der Waals surface area contributed by atoms with Crippen LogP contribution in [0.5, 0.6) is 5.75 Å². The van der Waals surface area contributed by atoms with E-state index in [1.807, 2.05) is 51.1 Å². The summed E-state index contributed by atoms with van der Waals surface area (Å²) >= 11 is 5.96. The van der Waals surface area contributed by atoms with Gasteiger partial charge in [-0.1, -0.05) is 48.4 Å². The van der Waals surface area contributed by atoms with Gasteiger partial charge in [0.15, 0.2) is 6.61 Å². The Morgan fingerprint density at radius 3 is 2.45 bits per heavy atom. The van der Waals surface area contributed by atoms with Crippen LogP contribution in [0.25, 0.3) is 0 Å². The lowest BCUT2D eigenvalue weighted by Crippen LogP contribution is -2.49. The van der Waals surface area contributed by atoms with Crippen LogP contribution in [0, 0.1) is 13.8 Å². The van der Waals surface area contributed by atoms with Gasteiger partial charge >= 0.3 is 0 Å². The number of nitrogens with one attached hydrogen (secondary N) is 1. The molecule has 0 spiro atoms. The molecule has 0 fully saturated rings. The van der Waals surface area contributed by atoms with Crippen LogP contribution in [0.15, 0.2) is 42.5 Å². The zero-order valence-corrected chi connectivity index (χ0v) is 18.3. The van der Waals surface area contributed by atoms with Gasteiger partial charge in [0.25, 0.3) is 5.91 Å². The van der Waals surface area contributed by atoms with Crippen molar-refractivity contribution in [1.29, 1.82) is 0 Å². The molecule has 29 heavy (non-hydrogen) atoms. The van der Waals surface area contributed by atoms with Gasteiger partial charge in [0, 0.05) is 18.1 Å². The predicted molar refractivity (Wildman–Crippen MR) is 116 cm³/mol. The van der Waals surface area contributed by atoms with Gasteiger partial charge in [-0.05, 0) is 56.5 Å². The number of carbonyl (C=O) groups is 2. The minimum absolute atomic E-state index is 0.136. The predicted octanol–water partition coefficient (Wildman–Crippen LogP) is 4.28. The highest BCUT2D eigenvalue weighted by atomic mass is 35.5. The average Bonchev–Trinajstić information content (AvgIpc) is 2.70. The maximum absolute atomic E-state index is 13.0. The second-order valence-corrected chi connectivity index (χ2v) is 7.61. The van der Waals surface area contributed by atoms with E-state index in [0.29, 0.717) is 23.9 Å². The molecule has 0 radical (unpaired) electrons. The van der Waals surface area contributed by atoms with E-state index in [1.54, 1.807) is 19.1 Å². The zero-order chi connectivity index (χ0) is 21.4. The van der Waals surface area contributed by atoms with Crippen LogP contribution in [0.2, 0.25) is 5.02 Å². The number of halogens is 1. The Kier molecular flexibility index (Phi) is 8.52. The number of benzene rings is 2. The summed E-state index contributed by atoms with van der Waals surface area (Å²) < 4.78 is 5.76. The van der Waals surface area contributed by atoms with Crippen molar-refractivity contribution in [3.8, 4) is 5.75 Å². The van der Waals surface area contributed by atoms with E-state index in [1.165, 1.54) is 4.90 Å². The fourth-order valence-corrected chi connectivity index (χ4v) is 3.07. The summed E-state index contributed by atoms with van der Waals surface area (Å²) in [6.07, 6.45) is 0.833. The quantitative estimate of drug-likeness (QED) is 0.663. The van der Waals surface area contributed by atoms with Crippen molar-refractivity contribution in [1.82, 2.24) is 10.2 Å². The van der Waals surface area contributed by atoms with Crippen molar-refractivity contribution < 1.29 is 14.3 Å². The Labute approximate surface area is 178 Å². The van der Waals surface area contributed by atoms with Crippen LogP contribution >= 0.6 is 11.6 Å². The lowest BCUT2D eigenvalue weighted by Gasteiger charge is -2.29. The molecule has 0 heterocycles. The fourth-order valence-electron chi connectivity index (χ4n) is 2.95. The molecule has 6 heteroatoms. The second-order valence-electron chi connectivity index (χ2n) is 7.17. The van der Waals surface area contributed by atoms with Crippen molar-refractivity contribution >= 4 is 23.4 Å². The Morgan fingerprint density at radius 2 is 1.83 bits per heavy atom. The summed E-state index contributed by atoms with van der Waals surface area (Å²) in [5, 5.41) is 3.48. The van der Waals surface area contributed by atoms with E-state index < -0.39 is 6.04 Å². The number of ether oxygens (including phenoxy) is 1. The molecule has 2 aromatic carbocycles. The first kappa shape index (κ1) is 22.8. The normalized spacial score (nSPS) is 11.6. The molecule has 0 saturated heterocycles. The monoisotopic (exact) mass is 416 g/mol. The Morgan fingerprint density at radius 1 is 1.14 bits per heavy atom. The average molecular weight is 417 g/mol. The van der Waals surface area contributed by atoms with Crippen LogP contribution in [-0.4, -0.2) is 35.9 Å². The van der Waals surface area contributed by atoms with E-state index in [4.69, 9.17) is 16.3 Å². The Balaban J connectivity index is 2.14. The molecule has 0 bridgehead atoms. The van der Waals surface area contributed by atoms with Gasteiger partial charge in [0.2, 0.25) is 5.91 Å². The molecule has 2 rings (SSSR count). The maximum atomic E-state index is 13.0. The molecule has 0 aromatic heterocycles. The SMILES string of the molecule is CCCNC(=O)[C@@H](C)N(Cc1ccc(Cl)cc1)C(=O)COc1ccc(C)cc1C. The molecule has 156 valence electrons. The molecule has 0 aliphatic carbocycles. The van der Waals surface area contributed by atoms with E-state index in [2.05, 4.69) is 5.32 Å². The molecular formula is C23H29ClN2O3. The number of carbonyl (C=O) groups excluding carboxylic acids is 2. The molecule has 1 atom stereocenters. The van der Waals surface area contributed by atoms with Gasteiger partial charge < -0.3 is 15.0 Å². The van der Waals surface area contributed by atoms with Gasteiger partial charge in [-0.2, -0.15) is 0 Å². The molecule has 5 nitrogen and oxygen atoms in total. The summed E-state index contributed by atoms with van der Waals surface area (Å²) in [6, 6.07) is 12.4. The summed E-state index contributed by atoms with van der Waals surface area (Å²) in [7, 11) is 0. The van der Waals surface area contributed by atoms with Gasteiger partial charge in [-0.25, -0.2) is 0 Å². The van der Waals surface area contributed by atoms with E-state index in [-0.39, 0.29) is 18.4 Å². The number of rotatable bonds is 9. The van der Waals surface area contributed by atoms with E-state index in [0.717, 1.165) is 23.1 Å². The van der Waals surface area contributed by atoms with Gasteiger partial charge in [0.05, 0.1) is 0 Å². The lowest BCUT2D eigenvalue weighted by atomic mass is 10.1. The molecule has 2 aromatic rings. The molecule has 0 aliphatic heterocycles. The minimum Gasteiger partial charge on any atom is -0.483 e. The smallest absolute Gasteiger partial charge is 0.261 e. The number of hydrogen-bond acceptors (Lipinski definition) is 3. The topological polar surface area (TPSA) is 58.6 Å². The van der Waals surface area contributed by atoms with Crippen molar-refractivity contribution in [3.05, 3.63) is 64.2 Å². The molecule has 0 saturated carbocycles. The fraction of sp³-hybridized carbons (Fsp3) is 0.391. The van der Waals surface area contributed by atoms with Crippen molar-refractivity contribution in [2.45, 2.75) is 46.7 Å². The minimum atomic E-state index is -0.618. The number of amides is 2. The highest BCUT2D eigenvalue weighted by Crippen LogP contribution is 2.19. The van der Waals surface area contributed by atoms with Crippen LogP contribution in [0.4, 0.5) is 0 Å². The third-order valence-corrected chi connectivity index (χ3v) is 4.92. The zero-order valence-electron chi connectivity index (χ0n) is 17.5. The molecule has 0 aliphatic rings. The molecule has 0 unspecified atom stereocenters. The number of hydrogen-bond donors (Lipinski definition) is 1. The lowest BCUT2D eigenvalue weighted by molar-refractivity contribution is -0.142. The first-order valence-corrected chi connectivity index (χ1v) is 10.2. The summed E-state index contributed by atoms with van der Waals surface area (Å²) in [6.45, 7) is 8.40. The molecule has 1 N–H and O–H groups in total. The third kappa shape index (κ3) is 6.79. The highest BCUT2D eigenvalue weighted by Gasteiger charge is 2.26. The van der Waals surface area contributed by atoms with Gasteiger partial charge in [-0.15, -0.1) is 0 Å². The number of nitrogens with zero attached hydrogens (tertiary/aromatic N) is 1. The first-order valence-electron chi connectivity index (χ1n) is 9.83. The number of aryl methyl sites for hydroxylation is 2. The Hall–Kier alpha value is -2.53. The largest absolute Gasteiger partial charge is 0.483 e. The Bertz CT molecular complexity index is 837. The standard InChI is InChI=1S/C23H29ClN2O3/c1-5-12-25-23(28)18(4)26(14-19-7-9-20(24)10-8-19)22(27)15-29-21-11-6-16(2)13-17(21)3/h6-11,13,18H,5,12,14-15H2,1-4H3,(H,25,28)/t18-/m1/s1. The van der Waals surface area contributed by atoms with E-state index in [9.17, 15) is 9.59 Å². The maximum Gasteiger partial charge on any atom is 0.261 e. The van der Waals surface area contributed by atoms with Crippen LogP contribution in [0.3, 0.4) is 0 Å². The second kappa shape index (κ2) is 10.9. The van der Waals surface area contributed by atoms with Gasteiger partial charge in [0.1, 0.15) is 11.8 Å². The van der Waals surface area contributed by atoms with E-state index >= 15 is 0 Å². The van der Waals surface area contributed by atoms with Crippen molar-refractivity contribution in [2.75, 3.05) is 13.2 Å².